The Kier molecular flexibility index (Phi) is 15.7. The summed E-state index contributed by atoms with van der Waals surface area (Å²) in [6.07, 6.45) is 21.4. The summed E-state index contributed by atoms with van der Waals surface area (Å²) in [6.45, 7) is 2.26. The highest BCUT2D eigenvalue weighted by Crippen LogP contribution is 2.13. The van der Waals surface area contributed by atoms with Gasteiger partial charge in [-0.15, -0.1) is 5.10 Å². The summed E-state index contributed by atoms with van der Waals surface area (Å²) in [7, 11) is 0. The molecule has 0 aromatic heterocycles. The lowest BCUT2D eigenvalue weighted by molar-refractivity contribution is -0.116. The molecular formula is C25H41N5O. The molecule has 0 saturated heterocycles. The lowest BCUT2D eigenvalue weighted by Crippen LogP contribution is -2.15. The molecule has 6 nitrogen and oxygen atoms in total. The Hall–Kier alpha value is -2.50. The van der Waals surface area contributed by atoms with Crippen LogP contribution in [0.15, 0.2) is 46.7 Å². The maximum Gasteiger partial charge on any atom is 0.224 e. The second-order valence-corrected chi connectivity index (χ2v) is 8.05. The molecule has 0 aliphatic rings. The number of carbonyl (C=O) groups is 1. The number of nitrogens with one attached hydrogen (secondary N) is 2. The molecule has 1 aromatic rings. The summed E-state index contributed by atoms with van der Waals surface area (Å²) < 4.78 is 0. The van der Waals surface area contributed by atoms with Gasteiger partial charge in [-0.05, 0) is 44.2 Å². The van der Waals surface area contributed by atoms with Crippen molar-refractivity contribution in [3.05, 3.63) is 42.0 Å². The topological polar surface area (TPSA) is 104 Å². The van der Waals surface area contributed by atoms with Gasteiger partial charge in [0.15, 0.2) is 5.84 Å². The molecule has 0 aliphatic heterocycles. The predicted octanol–water partition coefficient (Wildman–Crippen LogP) is 7.31. The highest BCUT2D eigenvalue weighted by atomic mass is 16.1. The summed E-state index contributed by atoms with van der Waals surface area (Å²) in [5.41, 5.74) is 13.8. The van der Waals surface area contributed by atoms with Crippen LogP contribution in [-0.2, 0) is 4.79 Å². The van der Waals surface area contributed by atoms with Crippen LogP contribution in [0.25, 0.3) is 0 Å². The molecule has 0 aliphatic carbocycles. The van der Waals surface area contributed by atoms with Crippen LogP contribution in [0.2, 0.25) is 0 Å². The van der Waals surface area contributed by atoms with E-state index in [0.29, 0.717) is 17.7 Å². The van der Waals surface area contributed by atoms with E-state index >= 15 is 0 Å². The maximum absolute atomic E-state index is 12.1. The Morgan fingerprint density at radius 1 is 0.968 bits per heavy atom. The molecular weight excluding hydrogens is 386 g/mol. The number of nitrogens with two attached hydrogens (primary N) is 1. The Morgan fingerprint density at radius 2 is 1.58 bits per heavy atom. The Labute approximate surface area is 188 Å². The van der Waals surface area contributed by atoms with Crippen molar-refractivity contribution >= 4 is 17.4 Å². The van der Waals surface area contributed by atoms with Crippen molar-refractivity contribution in [1.82, 2.24) is 0 Å². The molecule has 1 aromatic carbocycles. The number of carbonyl (C=O) groups excluding carboxylic acids is 1. The first-order valence-electron chi connectivity index (χ1n) is 11.9. The van der Waals surface area contributed by atoms with Gasteiger partial charge in [0.1, 0.15) is 0 Å². The Balaban J connectivity index is 2.03. The average Bonchev–Trinajstić information content (AvgIpc) is 2.76. The molecule has 0 spiro atoms. The van der Waals surface area contributed by atoms with Crippen LogP contribution < -0.4 is 11.1 Å². The van der Waals surface area contributed by atoms with E-state index in [1.54, 1.807) is 18.2 Å². The first kappa shape index (κ1) is 26.5. The number of unbranched alkanes of at least 4 members (excludes halogenated alkanes) is 11. The Bertz CT molecular complexity index is 684. The fraction of sp³-hybridized carbons (Fsp3) is 0.600. The van der Waals surface area contributed by atoms with E-state index in [0.717, 1.165) is 12.8 Å². The first-order valence-corrected chi connectivity index (χ1v) is 11.9. The van der Waals surface area contributed by atoms with Crippen LogP contribution in [0.5, 0.6) is 0 Å². The van der Waals surface area contributed by atoms with Gasteiger partial charge >= 0.3 is 0 Å². The van der Waals surface area contributed by atoms with Gasteiger partial charge in [-0.2, -0.15) is 5.53 Å². The minimum Gasteiger partial charge on any atom is -0.382 e. The molecule has 172 valence electrons. The molecule has 1 amide bonds. The lowest BCUT2D eigenvalue weighted by Gasteiger charge is -2.07. The second-order valence-electron chi connectivity index (χ2n) is 8.05. The summed E-state index contributed by atoms with van der Waals surface area (Å²) in [6, 6.07) is 7.11. The summed E-state index contributed by atoms with van der Waals surface area (Å²) in [4.78, 5) is 12.1. The molecule has 6 heteroatoms. The highest BCUT2D eigenvalue weighted by molar-refractivity contribution is 5.99. The zero-order chi connectivity index (χ0) is 22.6. The van der Waals surface area contributed by atoms with Crippen LogP contribution in [0.3, 0.4) is 0 Å². The van der Waals surface area contributed by atoms with E-state index in [2.05, 4.69) is 34.7 Å². The molecule has 31 heavy (non-hydrogen) atoms. The lowest BCUT2D eigenvalue weighted by atomic mass is 10.1. The molecule has 0 radical (unpaired) electrons. The molecule has 0 atom stereocenters. The molecule has 0 heterocycles. The SMILES string of the molecule is CCCCCCCC/C=C\CCCCCCCC(=O)Nc1cccc(/C(N)=N/N=N)c1. The smallest absolute Gasteiger partial charge is 0.224 e. The van der Waals surface area contributed by atoms with Crippen LogP contribution in [0.4, 0.5) is 5.69 Å². The number of rotatable bonds is 18. The van der Waals surface area contributed by atoms with Crippen LogP contribution >= 0.6 is 0 Å². The zero-order valence-corrected chi connectivity index (χ0v) is 19.2. The zero-order valence-electron chi connectivity index (χ0n) is 19.2. The summed E-state index contributed by atoms with van der Waals surface area (Å²) in [5, 5.41) is 9.33. The van der Waals surface area contributed by atoms with E-state index < -0.39 is 0 Å². The van der Waals surface area contributed by atoms with Crippen molar-refractivity contribution in [2.75, 3.05) is 5.32 Å². The predicted molar refractivity (Wildman–Crippen MR) is 130 cm³/mol. The number of anilines is 1. The number of hydrogen-bond donors (Lipinski definition) is 3. The van der Waals surface area contributed by atoms with Crippen molar-refractivity contribution in [1.29, 1.82) is 5.53 Å². The number of benzene rings is 1. The van der Waals surface area contributed by atoms with Crippen molar-refractivity contribution in [2.45, 2.75) is 96.8 Å². The fourth-order valence-electron chi connectivity index (χ4n) is 3.45. The van der Waals surface area contributed by atoms with Gasteiger partial charge in [0, 0.05) is 17.7 Å². The first-order chi connectivity index (χ1) is 15.2. The van der Waals surface area contributed by atoms with Crippen molar-refractivity contribution in [2.24, 2.45) is 16.1 Å². The quantitative estimate of drug-likeness (QED) is 0.0570. The van der Waals surface area contributed by atoms with E-state index in [-0.39, 0.29) is 11.7 Å². The molecule has 1 rings (SSSR count). The van der Waals surface area contributed by atoms with E-state index in [4.69, 9.17) is 11.3 Å². The summed E-state index contributed by atoms with van der Waals surface area (Å²) in [5.74, 6) is 0.166. The van der Waals surface area contributed by atoms with E-state index in [1.165, 1.54) is 70.6 Å². The van der Waals surface area contributed by atoms with Crippen molar-refractivity contribution < 1.29 is 4.79 Å². The van der Waals surface area contributed by atoms with Crippen molar-refractivity contribution in [3.63, 3.8) is 0 Å². The molecule has 0 fully saturated rings. The molecule has 4 N–H and O–H groups in total. The molecule has 0 saturated carbocycles. The third-order valence-electron chi connectivity index (χ3n) is 5.27. The second kappa shape index (κ2) is 18.3. The molecule has 0 bridgehead atoms. The standard InChI is InChI=1S/C25H41N5O/c1-2-3-4-5-6-7-8-9-10-11-12-13-14-15-16-20-24(31)28-23-19-17-18-22(21-23)25(26)29-30-27/h9-10,17-19,21H,2-8,11-16,20H2,1H3,(H,28,31)(H3,26,27,29)/b10-9-. The van der Waals surface area contributed by atoms with Crippen LogP contribution in [0, 0.1) is 5.53 Å². The fourth-order valence-corrected chi connectivity index (χ4v) is 3.45. The largest absolute Gasteiger partial charge is 0.382 e. The highest BCUT2D eigenvalue weighted by Gasteiger charge is 2.05. The maximum atomic E-state index is 12.1. The number of nitrogens with zero attached hydrogens (tertiary/aromatic N) is 2. The number of allylic oxidation sites excluding steroid dienone is 2. The number of amidine groups is 1. The minimum atomic E-state index is 0.00969. The van der Waals surface area contributed by atoms with E-state index in [9.17, 15) is 4.79 Å². The minimum absolute atomic E-state index is 0.00969. The van der Waals surface area contributed by atoms with Gasteiger partial charge in [0.25, 0.3) is 0 Å². The number of hydrogen-bond acceptors (Lipinski definition) is 3. The Morgan fingerprint density at radius 3 is 2.23 bits per heavy atom. The number of amides is 1. The van der Waals surface area contributed by atoms with Crippen LogP contribution in [0.1, 0.15) is 102 Å². The van der Waals surface area contributed by atoms with Crippen LogP contribution in [-0.4, -0.2) is 11.7 Å². The van der Waals surface area contributed by atoms with Gasteiger partial charge in [-0.25, -0.2) is 0 Å². The van der Waals surface area contributed by atoms with Gasteiger partial charge in [0.2, 0.25) is 5.91 Å². The van der Waals surface area contributed by atoms with Crippen molar-refractivity contribution in [3.8, 4) is 0 Å². The van der Waals surface area contributed by atoms with Gasteiger partial charge in [-0.1, -0.05) is 87.8 Å². The van der Waals surface area contributed by atoms with E-state index in [1.807, 2.05) is 6.07 Å². The van der Waals surface area contributed by atoms with Gasteiger partial charge in [0.05, 0.1) is 0 Å². The molecule has 0 unspecified atom stereocenters. The monoisotopic (exact) mass is 427 g/mol. The van der Waals surface area contributed by atoms with Gasteiger partial charge in [-0.3, -0.25) is 4.79 Å². The third-order valence-corrected chi connectivity index (χ3v) is 5.27. The average molecular weight is 428 g/mol. The summed E-state index contributed by atoms with van der Waals surface area (Å²) >= 11 is 0. The van der Waals surface area contributed by atoms with Gasteiger partial charge < -0.3 is 11.1 Å². The normalized spacial score (nSPS) is 11.7. The third kappa shape index (κ3) is 14.2.